The molecule has 0 amide bonds. The van der Waals surface area contributed by atoms with Gasteiger partial charge >= 0.3 is 0 Å². The van der Waals surface area contributed by atoms with Crippen LogP contribution in [0, 0.1) is 5.41 Å². The molecule has 0 saturated heterocycles. The lowest BCUT2D eigenvalue weighted by molar-refractivity contribution is 0.401. The molecule has 0 aliphatic rings. The van der Waals surface area contributed by atoms with E-state index in [4.69, 9.17) is 10.5 Å². The van der Waals surface area contributed by atoms with Crippen LogP contribution in [0.1, 0.15) is 44.7 Å². The van der Waals surface area contributed by atoms with Crippen LogP contribution in [0.15, 0.2) is 18.2 Å². The van der Waals surface area contributed by atoms with E-state index in [9.17, 15) is 0 Å². The van der Waals surface area contributed by atoms with Crippen molar-refractivity contribution in [3.63, 3.8) is 0 Å². The molecule has 0 aliphatic carbocycles. The van der Waals surface area contributed by atoms with Crippen molar-refractivity contribution in [3.05, 3.63) is 29.3 Å². The van der Waals surface area contributed by atoms with Crippen molar-refractivity contribution in [1.82, 2.24) is 0 Å². The molecule has 1 aromatic carbocycles. The lowest BCUT2D eigenvalue weighted by Gasteiger charge is -2.21. The SMILES string of the molecule is COc1ccc(CC(C)(C)C)cc1C(C)CN. The van der Waals surface area contributed by atoms with Gasteiger partial charge in [-0.25, -0.2) is 0 Å². The summed E-state index contributed by atoms with van der Waals surface area (Å²) in [7, 11) is 1.71. The van der Waals surface area contributed by atoms with E-state index in [1.807, 2.05) is 0 Å². The number of rotatable bonds is 4. The van der Waals surface area contributed by atoms with E-state index < -0.39 is 0 Å². The zero-order valence-corrected chi connectivity index (χ0v) is 11.7. The van der Waals surface area contributed by atoms with E-state index in [1.165, 1.54) is 11.1 Å². The van der Waals surface area contributed by atoms with E-state index in [0.717, 1.165) is 12.2 Å². The van der Waals surface area contributed by atoms with Crippen LogP contribution in [0.4, 0.5) is 0 Å². The lowest BCUT2D eigenvalue weighted by Crippen LogP contribution is -2.12. The fourth-order valence-electron chi connectivity index (χ4n) is 2.02. The highest BCUT2D eigenvalue weighted by molar-refractivity contribution is 5.40. The molecule has 0 saturated carbocycles. The van der Waals surface area contributed by atoms with Gasteiger partial charge < -0.3 is 10.5 Å². The molecule has 0 radical (unpaired) electrons. The molecule has 1 rings (SSSR count). The Morgan fingerprint density at radius 3 is 2.41 bits per heavy atom. The second-order valence-corrected chi connectivity index (χ2v) is 5.95. The molecule has 2 heteroatoms. The molecule has 2 nitrogen and oxygen atoms in total. The second-order valence-electron chi connectivity index (χ2n) is 5.95. The van der Waals surface area contributed by atoms with Gasteiger partial charge in [0.25, 0.3) is 0 Å². The van der Waals surface area contributed by atoms with Crippen molar-refractivity contribution < 1.29 is 4.74 Å². The maximum Gasteiger partial charge on any atom is 0.122 e. The molecule has 17 heavy (non-hydrogen) atoms. The van der Waals surface area contributed by atoms with Crippen molar-refractivity contribution in [3.8, 4) is 5.75 Å². The van der Waals surface area contributed by atoms with Gasteiger partial charge in [0.15, 0.2) is 0 Å². The summed E-state index contributed by atoms with van der Waals surface area (Å²) >= 11 is 0. The maximum atomic E-state index is 5.75. The Balaban J connectivity index is 3.04. The third-order valence-corrected chi connectivity index (χ3v) is 2.91. The third-order valence-electron chi connectivity index (χ3n) is 2.91. The molecule has 0 heterocycles. The van der Waals surface area contributed by atoms with Gasteiger partial charge in [-0.1, -0.05) is 39.8 Å². The quantitative estimate of drug-likeness (QED) is 0.868. The van der Waals surface area contributed by atoms with Gasteiger partial charge in [-0.05, 0) is 41.5 Å². The minimum atomic E-state index is 0.303. The Labute approximate surface area is 105 Å². The predicted molar refractivity (Wildman–Crippen MR) is 73.6 cm³/mol. The van der Waals surface area contributed by atoms with Crippen LogP contribution in [-0.4, -0.2) is 13.7 Å². The van der Waals surface area contributed by atoms with Crippen LogP contribution in [0.3, 0.4) is 0 Å². The summed E-state index contributed by atoms with van der Waals surface area (Å²) < 4.78 is 5.40. The predicted octanol–water partition coefficient (Wildman–Crippen LogP) is 3.35. The van der Waals surface area contributed by atoms with Crippen LogP contribution in [0.25, 0.3) is 0 Å². The van der Waals surface area contributed by atoms with Crippen LogP contribution < -0.4 is 10.5 Å². The summed E-state index contributed by atoms with van der Waals surface area (Å²) in [6.07, 6.45) is 1.07. The Morgan fingerprint density at radius 2 is 1.94 bits per heavy atom. The number of benzene rings is 1. The fraction of sp³-hybridized carbons (Fsp3) is 0.600. The highest BCUT2D eigenvalue weighted by atomic mass is 16.5. The first kappa shape index (κ1) is 14.0. The first-order chi connectivity index (χ1) is 7.87. The third kappa shape index (κ3) is 4.04. The average Bonchev–Trinajstić information content (AvgIpc) is 2.25. The van der Waals surface area contributed by atoms with Gasteiger partial charge in [0, 0.05) is 0 Å². The van der Waals surface area contributed by atoms with Crippen LogP contribution in [-0.2, 0) is 6.42 Å². The van der Waals surface area contributed by atoms with Crippen LogP contribution >= 0.6 is 0 Å². The molecule has 0 aromatic heterocycles. The van der Waals surface area contributed by atoms with Gasteiger partial charge in [0.2, 0.25) is 0 Å². The minimum Gasteiger partial charge on any atom is -0.496 e. The Bertz CT molecular complexity index is 366. The topological polar surface area (TPSA) is 35.2 Å². The summed E-state index contributed by atoms with van der Waals surface area (Å²) in [5.41, 5.74) is 8.63. The van der Waals surface area contributed by atoms with Crippen molar-refractivity contribution in [2.75, 3.05) is 13.7 Å². The van der Waals surface area contributed by atoms with Gasteiger partial charge in [-0.2, -0.15) is 0 Å². The van der Waals surface area contributed by atoms with Crippen molar-refractivity contribution >= 4 is 0 Å². The molecule has 96 valence electrons. The molecular weight excluding hydrogens is 210 g/mol. The standard InChI is InChI=1S/C15H25NO/c1-11(10-16)13-8-12(9-15(2,3)4)6-7-14(13)17-5/h6-8,11H,9-10,16H2,1-5H3. The number of hydrogen-bond acceptors (Lipinski definition) is 2. The number of hydrogen-bond donors (Lipinski definition) is 1. The molecule has 2 N–H and O–H groups in total. The number of methoxy groups -OCH3 is 1. The van der Waals surface area contributed by atoms with Gasteiger partial charge in [0.05, 0.1) is 7.11 Å². The summed E-state index contributed by atoms with van der Waals surface area (Å²) in [5.74, 6) is 1.28. The van der Waals surface area contributed by atoms with Crippen molar-refractivity contribution in [2.24, 2.45) is 11.1 Å². The average molecular weight is 235 g/mol. The maximum absolute atomic E-state index is 5.75. The molecule has 0 bridgehead atoms. The molecular formula is C15H25NO. The number of nitrogens with two attached hydrogens (primary N) is 1. The number of ether oxygens (including phenoxy) is 1. The Morgan fingerprint density at radius 1 is 1.29 bits per heavy atom. The van der Waals surface area contributed by atoms with Crippen molar-refractivity contribution in [1.29, 1.82) is 0 Å². The van der Waals surface area contributed by atoms with Crippen LogP contribution in [0.5, 0.6) is 5.75 Å². The zero-order chi connectivity index (χ0) is 13.1. The second kappa shape index (κ2) is 5.54. The van der Waals surface area contributed by atoms with Gasteiger partial charge in [0.1, 0.15) is 5.75 Å². The Kier molecular flexibility index (Phi) is 4.58. The summed E-state index contributed by atoms with van der Waals surface area (Å²) in [5, 5.41) is 0. The van der Waals surface area contributed by atoms with E-state index in [0.29, 0.717) is 17.9 Å². The normalized spacial score (nSPS) is 13.5. The molecule has 1 atom stereocenters. The van der Waals surface area contributed by atoms with E-state index in [2.05, 4.69) is 45.9 Å². The van der Waals surface area contributed by atoms with Gasteiger partial charge in [-0.15, -0.1) is 0 Å². The van der Waals surface area contributed by atoms with Gasteiger partial charge in [-0.3, -0.25) is 0 Å². The first-order valence-corrected chi connectivity index (χ1v) is 6.24. The molecule has 1 aromatic rings. The van der Waals surface area contributed by atoms with E-state index >= 15 is 0 Å². The fourth-order valence-corrected chi connectivity index (χ4v) is 2.02. The summed E-state index contributed by atoms with van der Waals surface area (Å²) in [6.45, 7) is 9.55. The molecule has 1 unspecified atom stereocenters. The highest BCUT2D eigenvalue weighted by Crippen LogP contribution is 2.29. The monoisotopic (exact) mass is 235 g/mol. The summed E-state index contributed by atoms with van der Waals surface area (Å²) in [4.78, 5) is 0. The highest BCUT2D eigenvalue weighted by Gasteiger charge is 2.15. The molecule has 0 aliphatic heterocycles. The van der Waals surface area contributed by atoms with E-state index in [1.54, 1.807) is 7.11 Å². The van der Waals surface area contributed by atoms with Crippen LogP contribution in [0.2, 0.25) is 0 Å². The lowest BCUT2D eigenvalue weighted by atomic mass is 9.86. The molecule has 0 spiro atoms. The molecule has 0 fully saturated rings. The smallest absolute Gasteiger partial charge is 0.122 e. The Hall–Kier alpha value is -1.02. The first-order valence-electron chi connectivity index (χ1n) is 6.24. The van der Waals surface area contributed by atoms with Crippen molar-refractivity contribution in [2.45, 2.75) is 40.0 Å². The van der Waals surface area contributed by atoms with E-state index in [-0.39, 0.29) is 0 Å². The minimum absolute atomic E-state index is 0.303. The zero-order valence-electron chi connectivity index (χ0n) is 11.7. The largest absolute Gasteiger partial charge is 0.496 e. The summed E-state index contributed by atoms with van der Waals surface area (Å²) in [6, 6.07) is 6.45.